The number of unbranched alkanes of at least 4 members (excludes halogenated alkanes) is 21. The number of rotatable bonds is 23. The van der Waals surface area contributed by atoms with Gasteiger partial charge in [-0.1, -0.05) is 135 Å². The third-order valence-electron chi connectivity index (χ3n) is 6.18. The summed E-state index contributed by atoms with van der Waals surface area (Å²) in [5, 5.41) is 0. The van der Waals surface area contributed by atoms with Crippen molar-refractivity contribution in [3.8, 4) is 0 Å². The lowest BCUT2D eigenvalue weighted by atomic mass is 10.0. The predicted octanol–water partition coefficient (Wildman–Crippen LogP) is 6.30. The van der Waals surface area contributed by atoms with Crippen LogP contribution in [-0.2, 0) is 0 Å². The van der Waals surface area contributed by atoms with Gasteiger partial charge in [0.15, 0.2) is 0 Å². The second kappa shape index (κ2) is 24.7. The van der Waals surface area contributed by atoms with Crippen molar-refractivity contribution < 1.29 is 21.5 Å². The van der Waals surface area contributed by atoms with Crippen LogP contribution in [0.2, 0.25) is 0 Å². The lowest BCUT2D eigenvalue weighted by Gasteiger charge is -2.23. The minimum Gasteiger partial charge on any atom is -1.00 e. The predicted molar refractivity (Wildman–Crippen MR) is 130 cm³/mol. The summed E-state index contributed by atoms with van der Waals surface area (Å²) in [4.78, 5) is 0. The molecule has 29 heavy (non-hydrogen) atoms. The van der Waals surface area contributed by atoms with Gasteiger partial charge in [0.05, 0.1) is 27.7 Å². The second-order valence-corrected chi connectivity index (χ2v) is 10.4. The molecule has 0 fully saturated rings. The van der Waals surface area contributed by atoms with Crippen LogP contribution in [0.1, 0.15) is 148 Å². The highest BCUT2D eigenvalue weighted by molar-refractivity contribution is 4.51. The molecule has 1 nitrogen and oxygen atoms in total. The Bertz CT molecular complexity index is 285. The van der Waals surface area contributed by atoms with E-state index >= 15 is 0 Å². The second-order valence-electron chi connectivity index (χ2n) is 10.4. The summed E-state index contributed by atoms with van der Waals surface area (Å²) in [6.45, 7) is 3.64. The molecular weight excluding hydrogens is 418 g/mol. The Morgan fingerprint density at radius 2 is 0.552 bits per heavy atom. The smallest absolute Gasteiger partial charge is 0.0780 e. The van der Waals surface area contributed by atoms with Gasteiger partial charge in [-0.15, -0.1) is 0 Å². The lowest BCUT2D eigenvalue weighted by molar-refractivity contribution is -0.870. The largest absolute Gasteiger partial charge is 1.00 e. The van der Waals surface area contributed by atoms with Crippen LogP contribution in [-0.4, -0.2) is 32.2 Å². The van der Waals surface area contributed by atoms with Gasteiger partial charge in [-0.25, -0.2) is 0 Å². The lowest BCUT2D eigenvalue weighted by Crippen LogP contribution is -3.00. The molecule has 0 N–H and O–H groups in total. The summed E-state index contributed by atoms with van der Waals surface area (Å²) < 4.78 is 1.12. The molecule has 0 radical (unpaired) electrons. The van der Waals surface area contributed by atoms with Gasteiger partial charge in [-0.2, -0.15) is 0 Å². The zero-order valence-electron chi connectivity index (χ0n) is 21.1. The molecule has 0 bridgehead atoms. The molecule has 0 aliphatic heterocycles. The molecule has 0 saturated carbocycles. The molecular formula is C27H58BrN. The van der Waals surface area contributed by atoms with E-state index < -0.39 is 0 Å². The van der Waals surface area contributed by atoms with E-state index in [1.807, 2.05) is 0 Å². The molecule has 0 spiro atoms. The van der Waals surface area contributed by atoms with Gasteiger partial charge in [-0.05, 0) is 12.8 Å². The number of hydrogen-bond acceptors (Lipinski definition) is 0. The van der Waals surface area contributed by atoms with E-state index in [0.29, 0.717) is 0 Å². The van der Waals surface area contributed by atoms with Crippen molar-refractivity contribution in [2.45, 2.75) is 148 Å². The molecule has 0 unspecified atom stereocenters. The molecule has 0 aromatic carbocycles. The molecule has 178 valence electrons. The third-order valence-corrected chi connectivity index (χ3v) is 6.18. The third kappa shape index (κ3) is 30.7. The van der Waals surface area contributed by atoms with Crippen LogP contribution >= 0.6 is 0 Å². The maximum absolute atomic E-state index is 2.30. The van der Waals surface area contributed by atoms with E-state index in [9.17, 15) is 0 Å². The first kappa shape index (κ1) is 31.6. The van der Waals surface area contributed by atoms with Crippen molar-refractivity contribution in [2.24, 2.45) is 0 Å². The van der Waals surface area contributed by atoms with Crippen molar-refractivity contribution in [1.29, 1.82) is 0 Å². The first-order valence-corrected chi connectivity index (χ1v) is 13.4. The number of hydrogen-bond donors (Lipinski definition) is 0. The Kier molecular flexibility index (Phi) is 26.9. The van der Waals surface area contributed by atoms with Crippen LogP contribution in [0.15, 0.2) is 0 Å². The van der Waals surface area contributed by atoms with Gasteiger partial charge in [-0.3, -0.25) is 0 Å². The Balaban J connectivity index is 0. The fourth-order valence-corrected chi connectivity index (χ4v) is 4.19. The quantitative estimate of drug-likeness (QED) is 0.120. The standard InChI is InChI=1S/C27H58N.BrH/c1-5-6-7-8-9-10-11-12-13-14-15-16-17-18-19-20-21-22-23-24-25-26-27-28(2,3)4;/h5-27H2,1-4H3;1H/q+1;/p-1. The van der Waals surface area contributed by atoms with Gasteiger partial charge < -0.3 is 21.5 Å². The molecule has 0 aliphatic carbocycles. The van der Waals surface area contributed by atoms with Crippen molar-refractivity contribution >= 4 is 0 Å². The van der Waals surface area contributed by atoms with Crippen molar-refractivity contribution in [3.63, 3.8) is 0 Å². The Morgan fingerprint density at radius 1 is 0.345 bits per heavy atom. The van der Waals surface area contributed by atoms with Gasteiger partial charge in [0.25, 0.3) is 0 Å². The number of nitrogens with zero attached hydrogens (tertiary/aromatic N) is 1. The number of halogens is 1. The first-order chi connectivity index (χ1) is 13.6. The highest BCUT2D eigenvalue weighted by atomic mass is 79.9. The maximum atomic E-state index is 2.30. The van der Waals surface area contributed by atoms with E-state index in [2.05, 4.69) is 28.1 Å². The van der Waals surface area contributed by atoms with Crippen LogP contribution in [0.4, 0.5) is 0 Å². The number of quaternary nitrogens is 1. The molecule has 0 amide bonds. The van der Waals surface area contributed by atoms with Crippen molar-refractivity contribution in [1.82, 2.24) is 0 Å². The van der Waals surface area contributed by atoms with E-state index in [1.165, 1.54) is 148 Å². The summed E-state index contributed by atoms with van der Waals surface area (Å²) in [7, 11) is 6.91. The summed E-state index contributed by atoms with van der Waals surface area (Å²) in [6.07, 6.45) is 32.3. The Labute approximate surface area is 197 Å². The average Bonchev–Trinajstić information content (AvgIpc) is 2.65. The Hall–Kier alpha value is 0.440. The summed E-state index contributed by atoms with van der Waals surface area (Å²) in [5.41, 5.74) is 0. The highest BCUT2D eigenvalue weighted by Gasteiger charge is 2.04. The molecule has 0 atom stereocenters. The zero-order valence-corrected chi connectivity index (χ0v) is 22.7. The minimum absolute atomic E-state index is 0. The monoisotopic (exact) mass is 475 g/mol. The summed E-state index contributed by atoms with van der Waals surface area (Å²) >= 11 is 0. The molecule has 0 aromatic heterocycles. The van der Waals surface area contributed by atoms with Crippen LogP contribution in [0.3, 0.4) is 0 Å². The first-order valence-electron chi connectivity index (χ1n) is 13.4. The zero-order chi connectivity index (χ0) is 20.8. The van der Waals surface area contributed by atoms with Crippen LogP contribution in [0.25, 0.3) is 0 Å². The molecule has 0 rings (SSSR count). The van der Waals surface area contributed by atoms with Gasteiger partial charge >= 0.3 is 0 Å². The molecule has 0 aromatic rings. The maximum Gasteiger partial charge on any atom is 0.0780 e. The van der Waals surface area contributed by atoms with E-state index in [4.69, 9.17) is 0 Å². The fraction of sp³-hybridized carbons (Fsp3) is 1.00. The van der Waals surface area contributed by atoms with Gasteiger partial charge in [0.1, 0.15) is 0 Å². The topological polar surface area (TPSA) is 0 Å². The molecule has 0 heterocycles. The molecule has 2 heteroatoms. The van der Waals surface area contributed by atoms with Crippen molar-refractivity contribution in [3.05, 3.63) is 0 Å². The molecule has 0 saturated heterocycles. The van der Waals surface area contributed by atoms with Gasteiger partial charge in [0.2, 0.25) is 0 Å². The fourth-order valence-electron chi connectivity index (χ4n) is 4.19. The van der Waals surface area contributed by atoms with E-state index in [0.717, 1.165) is 4.48 Å². The average molecular weight is 477 g/mol. The van der Waals surface area contributed by atoms with Crippen LogP contribution in [0, 0.1) is 0 Å². The van der Waals surface area contributed by atoms with Crippen LogP contribution < -0.4 is 17.0 Å². The highest BCUT2D eigenvalue weighted by Crippen LogP contribution is 2.15. The normalized spacial score (nSPS) is 11.6. The van der Waals surface area contributed by atoms with Gasteiger partial charge in [0, 0.05) is 0 Å². The molecule has 0 aliphatic rings. The van der Waals surface area contributed by atoms with E-state index in [-0.39, 0.29) is 17.0 Å². The Morgan fingerprint density at radius 3 is 0.759 bits per heavy atom. The minimum atomic E-state index is 0. The SMILES string of the molecule is CCCCCCCCCCCCCCCCCCCCCCCC[N+](C)(C)C.[Br-]. The van der Waals surface area contributed by atoms with E-state index in [1.54, 1.807) is 0 Å². The van der Waals surface area contributed by atoms with Crippen molar-refractivity contribution in [2.75, 3.05) is 27.7 Å². The summed E-state index contributed by atoms with van der Waals surface area (Å²) in [6, 6.07) is 0. The summed E-state index contributed by atoms with van der Waals surface area (Å²) in [5.74, 6) is 0. The van der Waals surface area contributed by atoms with Crippen LogP contribution in [0.5, 0.6) is 0 Å².